The van der Waals surface area contributed by atoms with E-state index in [1.165, 1.54) is 5.56 Å². The molecule has 1 heterocycles. The van der Waals surface area contributed by atoms with Gasteiger partial charge in [-0.2, -0.15) is 5.10 Å². The maximum absolute atomic E-state index is 5.02. The zero-order chi connectivity index (χ0) is 9.68. The molecule has 1 aromatic rings. The molecule has 74 valence electrons. The van der Waals surface area contributed by atoms with Crippen molar-refractivity contribution in [2.24, 2.45) is 0 Å². The van der Waals surface area contributed by atoms with Crippen LogP contribution in [0.3, 0.4) is 0 Å². The Morgan fingerprint density at radius 1 is 1.69 bits per heavy atom. The molecule has 4 heteroatoms. The molecule has 0 fully saturated rings. The highest BCUT2D eigenvalue weighted by Crippen LogP contribution is 2.01. The van der Waals surface area contributed by atoms with E-state index in [2.05, 4.69) is 22.4 Å². The smallest absolute Gasteiger partial charge is 0.0613 e. The molecule has 0 saturated heterocycles. The standard InChI is InChI=1S/C9H17N3O/c1-7(6-13-3)10-4-9-5-11-12-8(9)2/h5,7,10H,4,6H2,1-3H3,(H,11,12)/t7-/m0/s1. The quantitative estimate of drug-likeness (QED) is 0.711. The number of aromatic amines is 1. The third-order valence-electron chi connectivity index (χ3n) is 1.99. The highest BCUT2D eigenvalue weighted by Gasteiger charge is 2.03. The molecule has 1 atom stereocenters. The fraction of sp³-hybridized carbons (Fsp3) is 0.667. The highest BCUT2D eigenvalue weighted by atomic mass is 16.5. The maximum Gasteiger partial charge on any atom is 0.0613 e. The van der Waals surface area contributed by atoms with E-state index in [0.717, 1.165) is 18.8 Å². The van der Waals surface area contributed by atoms with Crippen LogP contribution in [0.5, 0.6) is 0 Å². The molecule has 0 unspecified atom stereocenters. The van der Waals surface area contributed by atoms with Crippen molar-refractivity contribution in [3.8, 4) is 0 Å². The molecule has 0 amide bonds. The van der Waals surface area contributed by atoms with Gasteiger partial charge in [-0.25, -0.2) is 0 Å². The molecule has 13 heavy (non-hydrogen) atoms. The van der Waals surface area contributed by atoms with Gasteiger partial charge in [-0.05, 0) is 13.8 Å². The number of aryl methyl sites for hydroxylation is 1. The van der Waals surface area contributed by atoms with Crippen molar-refractivity contribution in [2.45, 2.75) is 26.4 Å². The Morgan fingerprint density at radius 3 is 3.00 bits per heavy atom. The molecule has 2 N–H and O–H groups in total. The Kier molecular flexibility index (Phi) is 3.92. The first-order valence-electron chi connectivity index (χ1n) is 4.45. The molecule has 4 nitrogen and oxygen atoms in total. The molecule has 0 aliphatic heterocycles. The summed E-state index contributed by atoms with van der Waals surface area (Å²) >= 11 is 0. The van der Waals surface area contributed by atoms with Crippen LogP contribution in [0.1, 0.15) is 18.2 Å². The van der Waals surface area contributed by atoms with E-state index in [9.17, 15) is 0 Å². The molecule has 0 aliphatic rings. The van der Waals surface area contributed by atoms with Crippen molar-refractivity contribution < 1.29 is 4.74 Å². The lowest BCUT2D eigenvalue weighted by Gasteiger charge is -2.11. The first kappa shape index (κ1) is 10.2. The van der Waals surface area contributed by atoms with Crippen LogP contribution >= 0.6 is 0 Å². The number of H-pyrrole nitrogens is 1. The summed E-state index contributed by atoms with van der Waals surface area (Å²) in [6.07, 6.45) is 1.85. The number of hydrogen-bond acceptors (Lipinski definition) is 3. The lowest BCUT2D eigenvalue weighted by atomic mass is 10.2. The van der Waals surface area contributed by atoms with Crippen molar-refractivity contribution >= 4 is 0 Å². The molecule has 1 rings (SSSR count). The Labute approximate surface area is 78.7 Å². The average Bonchev–Trinajstić information content (AvgIpc) is 2.48. The number of nitrogens with one attached hydrogen (secondary N) is 2. The Bertz CT molecular complexity index is 247. The second-order valence-electron chi connectivity index (χ2n) is 3.26. The summed E-state index contributed by atoms with van der Waals surface area (Å²) in [5.41, 5.74) is 2.33. The SMILES string of the molecule is COC[C@H](C)NCc1cn[nH]c1C. The second-order valence-corrected chi connectivity index (χ2v) is 3.26. The van der Waals surface area contributed by atoms with Gasteiger partial charge >= 0.3 is 0 Å². The number of methoxy groups -OCH3 is 1. The van der Waals surface area contributed by atoms with E-state index in [-0.39, 0.29) is 0 Å². The van der Waals surface area contributed by atoms with Gasteiger partial charge in [0.2, 0.25) is 0 Å². The van der Waals surface area contributed by atoms with E-state index >= 15 is 0 Å². The second kappa shape index (κ2) is 4.99. The van der Waals surface area contributed by atoms with Gasteiger partial charge < -0.3 is 10.1 Å². The zero-order valence-electron chi connectivity index (χ0n) is 8.42. The maximum atomic E-state index is 5.02. The predicted octanol–water partition coefficient (Wildman–Crippen LogP) is 0.843. The molecule has 0 aromatic carbocycles. The van der Waals surface area contributed by atoms with E-state index in [1.54, 1.807) is 7.11 Å². The number of aromatic nitrogens is 2. The van der Waals surface area contributed by atoms with Crippen LogP contribution in [-0.4, -0.2) is 30.0 Å². The summed E-state index contributed by atoms with van der Waals surface area (Å²) in [6.45, 7) is 5.69. The van der Waals surface area contributed by atoms with Gasteiger partial charge in [0.25, 0.3) is 0 Å². The summed E-state index contributed by atoms with van der Waals surface area (Å²) in [5.74, 6) is 0. The van der Waals surface area contributed by atoms with E-state index in [0.29, 0.717) is 6.04 Å². The molecule has 0 spiro atoms. The first-order valence-corrected chi connectivity index (χ1v) is 4.45. The van der Waals surface area contributed by atoms with Crippen LogP contribution in [0, 0.1) is 6.92 Å². The van der Waals surface area contributed by atoms with Gasteiger partial charge in [-0.1, -0.05) is 0 Å². The van der Waals surface area contributed by atoms with Crippen LogP contribution in [0.2, 0.25) is 0 Å². The molecular formula is C9H17N3O. The van der Waals surface area contributed by atoms with Crippen molar-refractivity contribution in [3.05, 3.63) is 17.5 Å². The van der Waals surface area contributed by atoms with Crippen LogP contribution in [0.25, 0.3) is 0 Å². The fourth-order valence-electron chi connectivity index (χ4n) is 1.15. The molecule has 0 bridgehead atoms. The summed E-state index contributed by atoms with van der Waals surface area (Å²) in [5, 5.41) is 10.2. The molecule has 0 saturated carbocycles. The summed E-state index contributed by atoms with van der Waals surface area (Å²) in [7, 11) is 1.71. The van der Waals surface area contributed by atoms with E-state index in [1.807, 2.05) is 13.1 Å². The number of ether oxygens (including phenoxy) is 1. The minimum Gasteiger partial charge on any atom is -0.383 e. The first-order chi connectivity index (χ1) is 6.24. The summed E-state index contributed by atoms with van der Waals surface area (Å²) in [4.78, 5) is 0. The van der Waals surface area contributed by atoms with Gasteiger partial charge in [-0.3, -0.25) is 5.10 Å². The van der Waals surface area contributed by atoms with Crippen molar-refractivity contribution in [3.63, 3.8) is 0 Å². The minimum absolute atomic E-state index is 0.374. The lowest BCUT2D eigenvalue weighted by molar-refractivity contribution is 0.171. The lowest BCUT2D eigenvalue weighted by Crippen LogP contribution is -2.29. The Morgan fingerprint density at radius 2 is 2.46 bits per heavy atom. The minimum atomic E-state index is 0.374. The van der Waals surface area contributed by atoms with Gasteiger partial charge in [0.15, 0.2) is 0 Å². The van der Waals surface area contributed by atoms with Crippen LogP contribution in [0.4, 0.5) is 0 Å². The largest absolute Gasteiger partial charge is 0.383 e. The number of nitrogens with zero attached hydrogens (tertiary/aromatic N) is 1. The third kappa shape index (κ3) is 3.16. The van der Waals surface area contributed by atoms with Gasteiger partial charge in [0.05, 0.1) is 12.8 Å². The number of hydrogen-bond donors (Lipinski definition) is 2. The monoisotopic (exact) mass is 183 g/mol. The predicted molar refractivity (Wildman–Crippen MR) is 51.5 cm³/mol. The van der Waals surface area contributed by atoms with E-state index in [4.69, 9.17) is 4.74 Å². The van der Waals surface area contributed by atoms with Crippen molar-refractivity contribution in [1.82, 2.24) is 15.5 Å². The Balaban J connectivity index is 2.30. The highest BCUT2D eigenvalue weighted by molar-refractivity contribution is 5.13. The fourth-order valence-corrected chi connectivity index (χ4v) is 1.15. The molecule has 1 aromatic heterocycles. The summed E-state index contributed by atoms with van der Waals surface area (Å²) in [6, 6.07) is 0.374. The van der Waals surface area contributed by atoms with Crippen molar-refractivity contribution in [1.29, 1.82) is 0 Å². The van der Waals surface area contributed by atoms with E-state index < -0.39 is 0 Å². The average molecular weight is 183 g/mol. The molecular weight excluding hydrogens is 166 g/mol. The Hall–Kier alpha value is -0.870. The van der Waals surface area contributed by atoms with Crippen molar-refractivity contribution in [2.75, 3.05) is 13.7 Å². The summed E-state index contributed by atoms with van der Waals surface area (Å²) < 4.78 is 5.02. The third-order valence-corrected chi connectivity index (χ3v) is 1.99. The van der Waals surface area contributed by atoms with Crippen LogP contribution in [-0.2, 0) is 11.3 Å². The molecule has 0 radical (unpaired) electrons. The number of rotatable bonds is 5. The van der Waals surface area contributed by atoms with Crippen LogP contribution in [0.15, 0.2) is 6.20 Å². The van der Waals surface area contributed by atoms with Crippen LogP contribution < -0.4 is 5.32 Å². The van der Waals surface area contributed by atoms with Gasteiger partial charge in [-0.15, -0.1) is 0 Å². The topological polar surface area (TPSA) is 49.9 Å². The molecule has 0 aliphatic carbocycles. The normalized spacial score (nSPS) is 13.2. The zero-order valence-corrected chi connectivity index (χ0v) is 8.42. The van der Waals surface area contributed by atoms with Gasteiger partial charge in [0, 0.05) is 31.0 Å². The van der Waals surface area contributed by atoms with Gasteiger partial charge in [0.1, 0.15) is 0 Å².